The van der Waals surface area contributed by atoms with Crippen LogP contribution in [0.4, 0.5) is 10.5 Å². The summed E-state index contributed by atoms with van der Waals surface area (Å²) in [6.07, 6.45) is 0.500. The molecule has 3 N–H and O–H groups in total. The smallest absolute Gasteiger partial charge is 0.404 e. The van der Waals surface area contributed by atoms with Crippen LogP contribution in [0.1, 0.15) is 36.5 Å². The number of carbonyl (C=O) groups is 2. The van der Waals surface area contributed by atoms with Crippen LogP contribution in [-0.2, 0) is 15.1 Å². The second-order valence-electron chi connectivity index (χ2n) is 8.90. The van der Waals surface area contributed by atoms with Gasteiger partial charge in [-0.3, -0.25) is 9.69 Å². The van der Waals surface area contributed by atoms with Crippen LogP contribution in [0.2, 0.25) is 0 Å². The highest BCUT2D eigenvalue weighted by atomic mass is 16.5. The van der Waals surface area contributed by atoms with Gasteiger partial charge in [-0.1, -0.05) is 36.4 Å². The number of allylic oxidation sites excluding steroid dienone is 1. The van der Waals surface area contributed by atoms with E-state index in [0.717, 1.165) is 46.7 Å². The minimum Gasteiger partial charge on any atom is -0.476 e. The number of ether oxygens (including phenoxy) is 1. The fourth-order valence-corrected chi connectivity index (χ4v) is 5.49. The highest BCUT2D eigenvalue weighted by Gasteiger charge is 2.53. The molecule has 0 bridgehead atoms. The molecule has 0 saturated carbocycles. The lowest BCUT2D eigenvalue weighted by atomic mass is 9.80. The Morgan fingerprint density at radius 1 is 1.24 bits per heavy atom. The van der Waals surface area contributed by atoms with Gasteiger partial charge in [-0.15, -0.1) is 0 Å². The van der Waals surface area contributed by atoms with Gasteiger partial charge in [0.1, 0.15) is 5.76 Å². The number of carboxylic acid groups (broad SMARTS) is 1. The van der Waals surface area contributed by atoms with Crippen molar-refractivity contribution in [2.24, 2.45) is 0 Å². The van der Waals surface area contributed by atoms with Crippen LogP contribution in [0, 0.1) is 0 Å². The summed E-state index contributed by atoms with van der Waals surface area (Å²) < 4.78 is 5.73. The summed E-state index contributed by atoms with van der Waals surface area (Å²) in [6, 6.07) is 15.6. The Labute approximate surface area is 192 Å². The molecule has 1 fully saturated rings. The number of benzene rings is 2. The number of anilines is 1. The van der Waals surface area contributed by atoms with Crippen molar-refractivity contribution in [1.82, 2.24) is 15.1 Å². The molecule has 3 aliphatic rings. The lowest BCUT2D eigenvalue weighted by molar-refractivity contribution is -0.126. The maximum atomic E-state index is 13.8. The van der Waals surface area contributed by atoms with Gasteiger partial charge in [0.05, 0.1) is 5.70 Å². The lowest BCUT2D eigenvalue weighted by Crippen LogP contribution is -2.58. The van der Waals surface area contributed by atoms with Crippen molar-refractivity contribution in [3.05, 3.63) is 71.0 Å². The van der Waals surface area contributed by atoms with E-state index in [1.807, 2.05) is 56.4 Å². The highest BCUT2D eigenvalue weighted by Crippen LogP contribution is 2.47. The fraction of sp³-hybridized carbons (Fsp3) is 0.360. The number of amides is 2. The summed E-state index contributed by atoms with van der Waals surface area (Å²) in [7, 11) is 1.99. The predicted molar refractivity (Wildman–Crippen MR) is 124 cm³/mol. The van der Waals surface area contributed by atoms with Gasteiger partial charge in [0.15, 0.2) is 12.3 Å². The Kier molecular flexibility index (Phi) is 5.25. The largest absolute Gasteiger partial charge is 0.476 e. The van der Waals surface area contributed by atoms with Gasteiger partial charge >= 0.3 is 6.09 Å². The normalized spacial score (nSPS) is 25.0. The summed E-state index contributed by atoms with van der Waals surface area (Å²) in [5.41, 5.74) is 3.48. The second kappa shape index (κ2) is 8.12. The number of piperidine rings is 1. The number of hydrogen-bond donors (Lipinski definition) is 3. The third-order valence-electron chi connectivity index (χ3n) is 6.86. The molecule has 0 aliphatic carbocycles. The van der Waals surface area contributed by atoms with Crippen LogP contribution in [-0.4, -0.2) is 59.8 Å². The van der Waals surface area contributed by atoms with E-state index in [-0.39, 0.29) is 11.9 Å². The molecular formula is C25H28N4O4. The van der Waals surface area contributed by atoms with Crippen LogP contribution in [0.3, 0.4) is 0 Å². The molecule has 2 aromatic rings. The van der Waals surface area contributed by atoms with Crippen LogP contribution in [0.5, 0.6) is 0 Å². The molecule has 8 nitrogen and oxygen atoms in total. The maximum absolute atomic E-state index is 13.8. The molecule has 2 amide bonds. The molecule has 1 saturated heterocycles. The quantitative estimate of drug-likeness (QED) is 0.665. The Balaban J connectivity index is 1.67. The highest BCUT2D eigenvalue weighted by molar-refractivity contribution is 6.08. The first-order chi connectivity index (χ1) is 15.9. The monoisotopic (exact) mass is 448 g/mol. The van der Waals surface area contributed by atoms with Gasteiger partial charge in [0.2, 0.25) is 0 Å². The van der Waals surface area contributed by atoms with Gasteiger partial charge in [0.25, 0.3) is 5.91 Å². The zero-order valence-electron chi connectivity index (χ0n) is 18.8. The Hall–Kier alpha value is -3.52. The molecule has 5 rings (SSSR count). The first-order valence-electron chi connectivity index (χ1n) is 11.2. The number of nitrogens with zero attached hydrogens (tertiary/aromatic N) is 2. The van der Waals surface area contributed by atoms with Gasteiger partial charge in [-0.2, -0.15) is 0 Å². The molecule has 2 atom stereocenters. The number of fused-ring (bicyclic) bond motifs is 1. The van der Waals surface area contributed by atoms with Gasteiger partial charge in [-0.05, 0) is 44.0 Å². The summed E-state index contributed by atoms with van der Waals surface area (Å²) >= 11 is 0. The molecule has 1 unspecified atom stereocenters. The second-order valence-corrected chi connectivity index (χ2v) is 8.90. The number of nitrogens with one attached hydrogen (secondary N) is 2. The number of rotatable bonds is 4. The van der Waals surface area contributed by atoms with E-state index in [1.54, 1.807) is 0 Å². The zero-order chi connectivity index (χ0) is 23.2. The van der Waals surface area contributed by atoms with E-state index in [2.05, 4.69) is 26.5 Å². The van der Waals surface area contributed by atoms with Crippen molar-refractivity contribution in [1.29, 1.82) is 0 Å². The van der Waals surface area contributed by atoms with E-state index in [0.29, 0.717) is 19.8 Å². The zero-order valence-corrected chi connectivity index (χ0v) is 18.8. The fourth-order valence-electron chi connectivity index (χ4n) is 5.49. The van der Waals surface area contributed by atoms with Crippen molar-refractivity contribution in [2.75, 3.05) is 32.2 Å². The SMILES string of the molecule is CC1=C(c2ccc3c(c2)C(c2ccccc2)(N2CCC[C@@H](NC(=O)O)C2)C(=O)N3)N(C)CO1. The van der Waals surface area contributed by atoms with E-state index < -0.39 is 11.6 Å². The van der Waals surface area contributed by atoms with Crippen molar-refractivity contribution in [3.8, 4) is 0 Å². The number of likely N-dealkylation sites (tertiary alicyclic amines) is 1. The molecule has 8 heteroatoms. The molecule has 0 radical (unpaired) electrons. The van der Waals surface area contributed by atoms with Crippen molar-refractivity contribution < 1.29 is 19.4 Å². The van der Waals surface area contributed by atoms with E-state index in [1.165, 1.54) is 0 Å². The average molecular weight is 449 g/mol. The molecule has 33 heavy (non-hydrogen) atoms. The van der Waals surface area contributed by atoms with Crippen LogP contribution < -0.4 is 10.6 Å². The van der Waals surface area contributed by atoms with E-state index >= 15 is 0 Å². The molecule has 0 aromatic heterocycles. The first-order valence-corrected chi connectivity index (χ1v) is 11.2. The van der Waals surface area contributed by atoms with E-state index in [4.69, 9.17) is 4.74 Å². The number of hydrogen-bond acceptors (Lipinski definition) is 5. The molecule has 172 valence electrons. The van der Waals surface area contributed by atoms with Crippen molar-refractivity contribution in [2.45, 2.75) is 31.3 Å². The maximum Gasteiger partial charge on any atom is 0.404 e. The van der Waals surface area contributed by atoms with Gasteiger partial charge in [-0.25, -0.2) is 4.79 Å². The third kappa shape index (κ3) is 3.41. The topological polar surface area (TPSA) is 94.1 Å². The van der Waals surface area contributed by atoms with Gasteiger partial charge < -0.3 is 25.4 Å². The summed E-state index contributed by atoms with van der Waals surface area (Å²) in [5.74, 6) is 0.738. The first kappa shape index (κ1) is 21.3. The Bertz CT molecular complexity index is 1130. The van der Waals surface area contributed by atoms with Crippen LogP contribution >= 0.6 is 0 Å². The lowest BCUT2D eigenvalue weighted by Gasteiger charge is -2.44. The van der Waals surface area contributed by atoms with E-state index in [9.17, 15) is 14.7 Å². The number of carbonyl (C=O) groups excluding carboxylic acids is 1. The molecule has 0 spiro atoms. The minimum atomic E-state index is -1.04. The van der Waals surface area contributed by atoms with Crippen molar-refractivity contribution in [3.63, 3.8) is 0 Å². The molecule has 2 aromatic carbocycles. The standard InChI is InChI=1S/C25H28N4O4/c1-16-22(28(2)15-33-16)17-10-11-21-20(13-17)25(23(30)27-21,18-7-4-3-5-8-18)29-12-6-9-19(14-29)26-24(31)32/h3-5,7-8,10-11,13,19,26H,6,9,12,14-15H2,1-2H3,(H,27,30)(H,31,32)/t19-,25?/m1/s1. The minimum absolute atomic E-state index is 0.112. The van der Waals surface area contributed by atoms with Crippen LogP contribution in [0.25, 0.3) is 5.70 Å². The predicted octanol–water partition coefficient (Wildman–Crippen LogP) is 3.22. The van der Waals surface area contributed by atoms with Crippen LogP contribution in [0.15, 0.2) is 54.3 Å². The summed E-state index contributed by atoms with van der Waals surface area (Å²) in [4.78, 5) is 29.3. The average Bonchev–Trinajstić information content (AvgIpc) is 3.29. The summed E-state index contributed by atoms with van der Waals surface area (Å²) in [5, 5.41) is 15.0. The van der Waals surface area contributed by atoms with Gasteiger partial charge in [0, 0.05) is 36.4 Å². The van der Waals surface area contributed by atoms with Crippen molar-refractivity contribution >= 4 is 23.4 Å². The molecular weight excluding hydrogens is 420 g/mol. The Morgan fingerprint density at radius 3 is 2.73 bits per heavy atom. The molecule has 3 heterocycles. The Morgan fingerprint density at radius 2 is 2.03 bits per heavy atom. The summed E-state index contributed by atoms with van der Waals surface area (Å²) in [6.45, 7) is 3.58. The third-order valence-corrected chi connectivity index (χ3v) is 6.86. The molecule has 3 aliphatic heterocycles.